The SMILES string of the molecule is Cn1cc(CN2CCCN(C(=O)Cc3cn(C)c4ccccc34)CC2)cn1. The van der Waals surface area contributed by atoms with Crippen molar-refractivity contribution < 1.29 is 4.79 Å². The van der Waals surface area contributed by atoms with Crippen LogP contribution in [-0.2, 0) is 31.9 Å². The van der Waals surface area contributed by atoms with Gasteiger partial charge in [0.25, 0.3) is 0 Å². The number of benzene rings is 1. The third-order valence-electron chi connectivity index (χ3n) is 5.43. The lowest BCUT2D eigenvalue weighted by atomic mass is 10.1. The molecule has 3 aromatic rings. The highest BCUT2D eigenvalue weighted by Crippen LogP contribution is 2.21. The van der Waals surface area contributed by atoms with Crippen molar-refractivity contribution in [2.24, 2.45) is 14.1 Å². The zero-order valence-electron chi connectivity index (χ0n) is 16.1. The summed E-state index contributed by atoms with van der Waals surface area (Å²) in [5.74, 6) is 0.231. The number of rotatable bonds is 4. The maximum Gasteiger partial charge on any atom is 0.227 e. The van der Waals surface area contributed by atoms with Crippen molar-refractivity contribution in [3.63, 3.8) is 0 Å². The van der Waals surface area contributed by atoms with Gasteiger partial charge in [-0.1, -0.05) is 18.2 Å². The normalized spacial score (nSPS) is 16.0. The summed E-state index contributed by atoms with van der Waals surface area (Å²) in [7, 11) is 3.98. The van der Waals surface area contributed by atoms with Crippen LogP contribution in [0, 0.1) is 0 Å². The molecule has 27 heavy (non-hydrogen) atoms. The maximum absolute atomic E-state index is 12.9. The van der Waals surface area contributed by atoms with E-state index in [1.54, 1.807) is 0 Å². The van der Waals surface area contributed by atoms with Crippen LogP contribution < -0.4 is 0 Å². The third-order valence-corrected chi connectivity index (χ3v) is 5.43. The number of fused-ring (bicyclic) bond motifs is 1. The molecule has 0 N–H and O–H groups in total. The van der Waals surface area contributed by atoms with E-state index >= 15 is 0 Å². The van der Waals surface area contributed by atoms with Crippen LogP contribution in [0.5, 0.6) is 0 Å². The molecule has 4 rings (SSSR count). The van der Waals surface area contributed by atoms with E-state index in [-0.39, 0.29) is 5.91 Å². The van der Waals surface area contributed by atoms with Crippen molar-refractivity contribution in [1.82, 2.24) is 24.1 Å². The molecule has 1 fully saturated rings. The van der Waals surface area contributed by atoms with Gasteiger partial charge in [0.2, 0.25) is 5.91 Å². The first kappa shape index (κ1) is 17.8. The molecule has 1 aromatic carbocycles. The quantitative estimate of drug-likeness (QED) is 0.712. The summed E-state index contributed by atoms with van der Waals surface area (Å²) >= 11 is 0. The van der Waals surface area contributed by atoms with Gasteiger partial charge in [-0.3, -0.25) is 14.4 Å². The van der Waals surface area contributed by atoms with Gasteiger partial charge in [0.15, 0.2) is 0 Å². The number of aromatic nitrogens is 3. The molecule has 6 nitrogen and oxygen atoms in total. The molecular weight excluding hydrogens is 338 g/mol. The minimum Gasteiger partial charge on any atom is -0.350 e. The predicted molar refractivity (Wildman–Crippen MR) is 106 cm³/mol. The zero-order valence-corrected chi connectivity index (χ0v) is 16.1. The van der Waals surface area contributed by atoms with Crippen LogP contribution in [0.4, 0.5) is 0 Å². The number of hydrogen-bond acceptors (Lipinski definition) is 3. The van der Waals surface area contributed by atoms with E-state index in [9.17, 15) is 4.79 Å². The monoisotopic (exact) mass is 365 g/mol. The van der Waals surface area contributed by atoms with Crippen LogP contribution in [0.25, 0.3) is 10.9 Å². The summed E-state index contributed by atoms with van der Waals surface area (Å²) in [6, 6.07) is 8.29. The Balaban J connectivity index is 1.39. The lowest BCUT2D eigenvalue weighted by molar-refractivity contribution is -0.130. The second kappa shape index (κ2) is 7.56. The Morgan fingerprint density at radius 3 is 2.74 bits per heavy atom. The Morgan fingerprint density at radius 1 is 1.07 bits per heavy atom. The first-order chi connectivity index (χ1) is 13.1. The number of nitrogens with zero attached hydrogens (tertiary/aromatic N) is 5. The van der Waals surface area contributed by atoms with Gasteiger partial charge in [-0.05, 0) is 18.1 Å². The molecule has 0 saturated carbocycles. The molecule has 0 radical (unpaired) electrons. The Kier molecular flexibility index (Phi) is 4.99. The average molecular weight is 365 g/mol. The Hall–Kier alpha value is -2.60. The summed E-state index contributed by atoms with van der Waals surface area (Å²) in [4.78, 5) is 17.4. The molecule has 1 saturated heterocycles. The van der Waals surface area contributed by atoms with Gasteiger partial charge in [0.05, 0.1) is 12.6 Å². The summed E-state index contributed by atoms with van der Waals surface area (Å²) in [5, 5.41) is 5.43. The number of para-hydroxylation sites is 1. The maximum atomic E-state index is 12.9. The fraction of sp³-hybridized carbons (Fsp3) is 0.429. The fourth-order valence-corrected chi connectivity index (χ4v) is 4.03. The van der Waals surface area contributed by atoms with E-state index in [0.29, 0.717) is 6.42 Å². The number of hydrogen-bond donors (Lipinski definition) is 0. The number of aryl methyl sites for hydroxylation is 2. The van der Waals surface area contributed by atoms with E-state index in [4.69, 9.17) is 0 Å². The second-order valence-electron chi connectivity index (χ2n) is 7.49. The van der Waals surface area contributed by atoms with Gasteiger partial charge in [-0.15, -0.1) is 0 Å². The predicted octanol–water partition coefficient (Wildman–Crippen LogP) is 2.19. The van der Waals surface area contributed by atoms with Crippen LogP contribution in [-0.4, -0.2) is 56.2 Å². The van der Waals surface area contributed by atoms with Crippen LogP contribution in [0.2, 0.25) is 0 Å². The van der Waals surface area contributed by atoms with Crippen molar-refractivity contribution in [2.75, 3.05) is 26.2 Å². The molecule has 1 aliphatic heterocycles. The Bertz CT molecular complexity index is 941. The molecule has 0 spiro atoms. The molecule has 2 aromatic heterocycles. The van der Waals surface area contributed by atoms with Gasteiger partial charge in [-0.2, -0.15) is 5.10 Å². The summed E-state index contributed by atoms with van der Waals surface area (Å²) in [6.07, 6.45) is 7.57. The molecule has 0 unspecified atom stereocenters. The number of carbonyl (C=O) groups is 1. The van der Waals surface area contributed by atoms with Crippen molar-refractivity contribution in [3.8, 4) is 0 Å². The minimum atomic E-state index is 0.231. The van der Waals surface area contributed by atoms with E-state index in [1.165, 1.54) is 16.5 Å². The molecule has 142 valence electrons. The smallest absolute Gasteiger partial charge is 0.227 e. The highest BCUT2D eigenvalue weighted by Gasteiger charge is 2.21. The minimum absolute atomic E-state index is 0.231. The van der Waals surface area contributed by atoms with Crippen molar-refractivity contribution in [3.05, 3.63) is 54.0 Å². The van der Waals surface area contributed by atoms with Gasteiger partial charge >= 0.3 is 0 Å². The molecule has 0 atom stereocenters. The fourth-order valence-electron chi connectivity index (χ4n) is 4.03. The molecule has 1 aliphatic rings. The highest BCUT2D eigenvalue weighted by molar-refractivity contribution is 5.89. The molecule has 0 aliphatic carbocycles. The van der Waals surface area contributed by atoms with E-state index in [2.05, 4.69) is 39.1 Å². The summed E-state index contributed by atoms with van der Waals surface area (Å²) < 4.78 is 3.95. The van der Waals surface area contributed by atoms with E-state index in [0.717, 1.165) is 44.7 Å². The van der Waals surface area contributed by atoms with Crippen molar-refractivity contribution in [2.45, 2.75) is 19.4 Å². The van der Waals surface area contributed by atoms with Crippen LogP contribution >= 0.6 is 0 Å². The Labute approximate surface area is 160 Å². The van der Waals surface area contributed by atoms with Crippen LogP contribution in [0.15, 0.2) is 42.9 Å². The van der Waals surface area contributed by atoms with Crippen molar-refractivity contribution >= 4 is 16.8 Å². The number of amides is 1. The van der Waals surface area contributed by atoms with Gasteiger partial charge < -0.3 is 9.47 Å². The van der Waals surface area contributed by atoms with Crippen LogP contribution in [0.3, 0.4) is 0 Å². The summed E-state index contributed by atoms with van der Waals surface area (Å²) in [5.41, 5.74) is 3.53. The van der Waals surface area contributed by atoms with E-state index in [1.807, 2.05) is 42.0 Å². The molecular formula is C21H27N5O. The van der Waals surface area contributed by atoms with E-state index < -0.39 is 0 Å². The first-order valence-electron chi connectivity index (χ1n) is 9.61. The van der Waals surface area contributed by atoms with Gasteiger partial charge in [0.1, 0.15) is 0 Å². The molecule has 6 heteroatoms. The summed E-state index contributed by atoms with van der Waals surface area (Å²) in [6.45, 7) is 4.47. The number of carbonyl (C=O) groups excluding carboxylic acids is 1. The molecule has 0 bridgehead atoms. The lowest BCUT2D eigenvalue weighted by Crippen LogP contribution is -2.36. The highest BCUT2D eigenvalue weighted by atomic mass is 16.2. The van der Waals surface area contributed by atoms with Crippen LogP contribution in [0.1, 0.15) is 17.5 Å². The van der Waals surface area contributed by atoms with Gasteiger partial charge in [0, 0.05) is 75.7 Å². The Morgan fingerprint density at radius 2 is 1.93 bits per heavy atom. The standard InChI is InChI=1S/C21H27N5O/c1-23-16-18(19-6-3-4-7-20(19)23)12-21(27)26-9-5-8-25(10-11-26)15-17-13-22-24(2)14-17/h3-4,6-7,13-14,16H,5,8-12,15H2,1-2H3. The zero-order chi connectivity index (χ0) is 18.8. The first-order valence-corrected chi connectivity index (χ1v) is 9.61. The topological polar surface area (TPSA) is 46.3 Å². The third kappa shape index (κ3) is 3.90. The van der Waals surface area contributed by atoms with Gasteiger partial charge in [-0.25, -0.2) is 0 Å². The van der Waals surface area contributed by atoms with Crippen molar-refractivity contribution in [1.29, 1.82) is 0 Å². The second-order valence-corrected chi connectivity index (χ2v) is 7.49. The largest absolute Gasteiger partial charge is 0.350 e. The average Bonchev–Trinajstić information content (AvgIpc) is 3.10. The lowest BCUT2D eigenvalue weighted by Gasteiger charge is -2.21. The molecule has 3 heterocycles. The molecule has 1 amide bonds.